The normalized spacial score (nSPS) is 23.9. The Bertz CT molecular complexity index is 424. The van der Waals surface area contributed by atoms with E-state index in [2.05, 4.69) is 0 Å². The van der Waals surface area contributed by atoms with Crippen molar-refractivity contribution in [2.45, 2.75) is 23.0 Å². The first kappa shape index (κ1) is 11.7. The van der Waals surface area contributed by atoms with Gasteiger partial charge in [0.2, 0.25) is 0 Å². The quantitative estimate of drug-likeness (QED) is 0.905. The topological polar surface area (TPSA) is 37.3 Å². The maximum absolute atomic E-state index is 12.9. The zero-order valence-electron chi connectivity index (χ0n) is 8.32. The Labute approximate surface area is 102 Å². The Morgan fingerprint density at radius 2 is 2.25 bits per heavy atom. The van der Waals surface area contributed by atoms with E-state index in [1.165, 1.54) is 17.8 Å². The van der Waals surface area contributed by atoms with Gasteiger partial charge in [-0.1, -0.05) is 11.6 Å². The van der Waals surface area contributed by atoms with E-state index >= 15 is 0 Å². The minimum atomic E-state index is -0.753. The highest BCUT2D eigenvalue weighted by molar-refractivity contribution is 8.00. The molecule has 0 aromatic heterocycles. The number of halogens is 2. The molecular formula is C11H10ClFO2S. The highest BCUT2D eigenvalue weighted by Crippen LogP contribution is 2.41. The van der Waals surface area contributed by atoms with Crippen molar-refractivity contribution in [2.75, 3.05) is 0 Å². The van der Waals surface area contributed by atoms with Crippen molar-refractivity contribution < 1.29 is 14.3 Å². The van der Waals surface area contributed by atoms with E-state index in [0.29, 0.717) is 0 Å². The lowest BCUT2D eigenvalue weighted by atomic mass is 9.85. The maximum atomic E-state index is 12.9. The number of aliphatic carboxylic acids is 1. The molecule has 2 rings (SSSR count). The van der Waals surface area contributed by atoms with Crippen molar-refractivity contribution in [1.82, 2.24) is 0 Å². The van der Waals surface area contributed by atoms with E-state index in [4.69, 9.17) is 16.7 Å². The van der Waals surface area contributed by atoms with Crippen LogP contribution in [0.3, 0.4) is 0 Å². The number of benzene rings is 1. The molecule has 1 saturated carbocycles. The summed E-state index contributed by atoms with van der Waals surface area (Å²) in [4.78, 5) is 11.6. The lowest BCUT2D eigenvalue weighted by molar-refractivity contribution is -0.144. The van der Waals surface area contributed by atoms with Crippen molar-refractivity contribution in [3.63, 3.8) is 0 Å². The number of carboxylic acid groups (broad SMARTS) is 1. The second-order valence-corrected chi connectivity index (χ2v) is 5.47. The Morgan fingerprint density at radius 3 is 2.75 bits per heavy atom. The Balaban J connectivity index is 2.04. The lowest BCUT2D eigenvalue weighted by Crippen LogP contribution is -2.35. The molecule has 86 valence electrons. The van der Waals surface area contributed by atoms with Gasteiger partial charge in [-0.3, -0.25) is 4.79 Å². The zero-order valence-corrected chi connectivity index (χ0v) is 9.89. The summed E-state index contributed by atoms with van der Waals surface area (Å²) in [5.41, 5.74) is 0. The van der Waals surface area contributed by atoms with Crippen LogP contribution in [0.25, 0.3) is 0 Å². The van der Waals surface area contributed by atoms with Crippen LogP contribution < -0.4 is 0 Å². The van der Waals surface area contributed by atoms with Gasteiger partial charge in [0.05, 0.1) is 10.9 Å². The highest BCUT2D eigenvalue weighted by atomic mass is 35.5. The van der Waals surface area contributed by atoms with Crippen molar-refractivity contribution in [3.05, 3.63) is 29.0 Å². The molecule has 1 aromatic carbocycles. The van der Waals surface area contributed by atoms with Gasteiger partial charge in [-0.05, 0) is 31.0 Å². The van der Waals surface area contributed by atoms with E-state index < -0.39 is 11.8 Å². The smallest absolute Gasteiger partial charge is 0.307 e. The molecule has 0 radical (unpaired) electrons. The first-order chi connectivity index (χ1) is 7.58. The summed E-state index contributed by atoms with van der Waals surface area (Å²) in [6, 6.07) is 4.47. The largest absolute Gasteiger partial charge is 0.481 e. The minimum Gasteiger partial charge on any atom is -0.481 e. The lowest BCUT2D eigenvalue weighted by Gasteiger charge is -2.32. The number of thioether (sulfide) groups is 1. The molecular weight excluding hydrogens is 251 g/mol. The molecule has 0 amide bonds. The van der Waals surface area contributed by atoms with Crippen molar-refractivity contribution in [1.29, 1.82) is 0 Å². The monoisotopic (exact) mass is 260 g/mol. The second kappa shape index (κ2) is 4.63. The van der Waals surface area contributed by atoms with Gasteiger partial charge >= 0.3 is 5.97 Å². The number of hydrogen-bond acceptors (Lipinski definition) is 2. The maximum Gasteiger partial charge on any atom is 0.307 e. The third kappa shape index (κ3) is 2.33. The van der Waals surface area contributed by atoms with Crippen LogP contribution in [0.5, 0.6) is 0 Å². The molecule has 1 aliphatic carbocycles. The molecule has 1 N–H and O–H groups in total. The summed E-state index contributed by atoms with van der Waals surface area (Å²) >= 11 is 7.11. The summed E-state index contributed by atoms with van der Waals surface area (Å²) in [5.74, 6) is -1.49. The van der Waals surface area contributed by atoms with Crippen LogP contribution in [-0.4, -0.2) is 16.3 Å². The summed E-state index contributed by atoms with van der Waals surface area (Å²) in [7, 11) is 0. The standard InChI is InChI=1S/C11H10ClFO2S/c12-8-5-6(1-3-9(8)13)16-10-4-2-7(10)11(14)15/h1,3,5,7,10H,2,4H2,(H,14,15). The van der Waals surface area contributed by atoms with Crippen molar-refractivity contribution >= 4 is 29.3 Å². The third-order valence-corrected chi connectivity index (χ3v) is 4.39. The molecule has 0 saturated heterocycles. The predicted octanol–water partition coefficient (Wildman–Crippen LogP) is 3.43. The second-order valence-electron chi connectivity index (χ2n) is 3.75. The highest BCUT2D eigenvalue weighted by Gasteiger charge is 2.37. The number of rotatable bonds is 3. The van der Waals surface area contributed by atoms with Crippen LogP contribution in [0.2, 0.25) is 5.02 Å². The van der Waals surface area contributed by atoms with Gasteiger partial charge in [0.15, 0.2) is 0 Å². The minimum absolute atomic E-state index is 0.0798. The Hall–Kier alpha value is -0.740. The van der Waals surface area contributed by atoms with E-state index in [0.717, 1.165) is 17.7 Å². The van der Waals surface area contributed by atoms with E-state index in [1.807, 2.05) is 0 Å². The van der Waals surface area contributed by atoms with Gasteiger partial charge < -0.3 is 5.11 Å². The van der Waals surface area contributed by atoms with Gasteiger partial charge in [-0.2, -0.15) is 0 Å². The molecule has 1 fully saturated rings. The molecule has 5 heteroatoms. The summed E-state index contributed by atoms with van der Waals surface area (Å²) < 4.78 is 12.9. The molecule has 0 spiro atoms. The first-order valence-electron chi connectivity index (χ1n) is 4.92. The third-order valence-electron chi connectivity index (χ3n) is 2.71. The van der Waals surface area contributed by atoms with Crippen LogP contribution in [0, 0.1) is 11.7 Å². The molecule has 0 heterocycles. The fourth-order valence-electron chi connectivity index (χ4n) is 1.62. The van der Waals surface area contributed by atoms with E-state index in [-0.39, 0.29) is 16.2 Å². The van der Waals surface area contributed by atoms with Gasteiger partial charge in [-0.15, -0.1) is 11.8 Å². The summed E-state index contributed by atoms with van der Waals surface area (Å²) in [5, 5.41) is 9.04. The molecule has 2 atom stereocenters. The van der Waals surface area contributed by atoms with E-state index in [9.17, 15) is 9.18 Å². The average molecular weight is 261 g/mol. The predicted molar refractivity (Wildman–Crippen MR) is 61.4 cm³/mol. The van der Waals surface area contributed by atoms with Gasteiger partial charge in [-0.25, -0.2) is 4.39 Å². The molecule has 0 aliphatic heterocycles. The molecule has 0 bridgehead atoms. The molecule has 2 nitrogen and oxygen atoms in total. The number of carbonyl (C=O) groups is 1. The van der Waals surface area contributed by atoms with Crippen LogP contribution in [-0.2, 0) is 4.79 Å². The van der Waals surface area contributed by atoms with Crippen LogP contribution >= 0.6 is 23.4 Å². The molecule has 16 heavy (non-hydrogen) atoms. The van der Waals surface area contributed by atoms with Crippen molar-refractivity contribution in [3.8, 4) is 0 Å². The zero-order chi connectivity index (χ0) is 11.7. The van der Waals surface area contributed by atoms with Crippen LogP contribution in [0.15, 0.2) is 23.1 Å². The van der Waals surface area contributed by atoms with Gasteiger partial charge in [0.25, 0.3) is 0 Å². The average Bonchev–Trinajstić information content (AvgIpc) is 2.17. The fraction of sp³-hybridized carbons (Fsp3) is 0.364. The first-order valence-corrected chi connectivity index (χ1v) is 6.18. The van der Waals surface area contributed by atoms with Gasteiger partial charge in [0, 0.05) is 10.1 Å². The van der Waals surface area contributed by atoms with Gasteiger partial charge in [0.1, 0.15) is 5.82 Å². The molecule has 1 aliphatic rings. The SMILES string of the molecule is O=C(O)C1CCC1Sc1ccc(F)c(Cl)c1. The summed E-state index contributed by atoms with van der Waals surface area (Å²) in [6.07, 6.45) is 1.61. The van der Waals surface area contributed by atoms with Crippen LogP contribution in [0.4, 0.5) is 4.39 Å². The molecule has 2 unspecified atom stereocenters. The van der Waals surface area contributed by atoms with Crippen molar-refractivity contribution in [2.24, 2.45) is 5.92 Å². The number of carboxylic acids is 1. The van der Waals surface area contributed by atoms with Crippen LogP contribution in [0.1, 0.15) is 12.8 Å². The fourth-order valence-corrected chi connectivity index (χ4v) is 3.22. The van der Waals surface area contributed by atoms with E-state index in [1.54, 1.807) is 12.1 Å². The Kier molecular flexibility index (Phi) is 3.40. The number of hydrogen-bond donors (Lipinski definition) is 1. The summed E-state index contributed by atoms with van der Waals surface area (Å²) in [6.45, 7) is 0. The molecule has 1 aromatic rings. The Morgan fingerprint density at radius 1 is 1.50 bits per heavy atom.